The van der Waals surface area contributed by atoms with Crippen molar-refractivity contribution in [2.24, 2.45) is 0 Å². The maximum absolute atomic E-state index is 13.3. The van der Waals surface area contributed by atoms with Crippen LogP contribution in [0.3, 0.4) is 0 Å². The number of hydrogen-bond donors (Lipinski definition) is 0. The molecule has 0 atom stereocenters. The van der Waals surface area contributed by atoms with Gasteiger partial charge in [0.15, 0.2) is 0 Å². The van der Waals surface area contributed by atoms with Gasteiger partial charge < -0.3 is 9.80 Å². The van der Waals surface area contributed by atoms with Crippen molar-refractivity contribution in [3.8, 4) is 0 Å². The van der Waals surface area contributed by atoms with Crippen LogP contribution in [-0.4, -0.2) is 30.4 Å². The topological polar surface area (TPSA) is 23.6 Å². The second-order valence-corrected chi connectivity index (χ2v) is 9.02. The largest absolute Gasteiger partial charge is 0.303 e. The average Bonchev–Trinajstić information content (AvgIpc) is 3.33. The molecule has 2 aromatic carbocycles. The quantitative estimate of drug-likeness (QED) is 0.489. The molecule has 0 bridgehead atoms. The van der Waals surface area contributed by atoms with E-state index >= 15 is 0 Å². The van der Waals surface area contributed by atoms with E-state index in [1.807, 2.05) is 36.5 Å². The standard InChI is InChI=1S/C26H30N2OS/c1-2-25(29)28(23-12-7-4-8-13-23)26(22-10-5-3-6-11-22)16-19-27(20-17-26)18-15-24-14-9-21-30-24/h3-14,21H,2,15-20H2,1H3. The maximum atomic E-state index is 13.3. The first kappa shape index (κ1) is 20.8. The Bertz CT molecular complexity index is 916. The van der Waals surface area contributed by atoms with E-state index in [2.05, 4.69) is 69.8 Å². The Morgan fingerprint density at radius 1 is 0.967 bits per heavy atom. The van der Waals surface area contributed by atoms with E-state index < -0.39 is 0 Å². The summed E-state index contributed by atoms with van der Waals surface area (Å²) in [5, 5.41) is 2.15. The molecule has 156 valence electrons. The van der Waals surface area contributed by atoms with Crippen molar-refractivity contribution in [2.45, 2.75) is 38.1 Å². The molecular formula is C26H30N2OS. The number of rotatable bonds is 7. The normalized spacial score (nSPS) is 16.3. The molecule has 1 saturated heterocycles. The van der Waals surface area contributed by atoms with Crippen LogP contribution in [0.4, 0.5) is 5.69 Å². The SMILES string of the molecule is CCC(=O)N(c1ccccc1)C1(c2ccccc2)CCN(CCc2cccs2)CC1. The lowest BCUT2D eigenvalue weighted by molar-refractivity contribution is -0.120. The Kier molecular flexibility index (Phi) is 6.66. The zero-order valence-electron chi connectivity index (χ0n) is 17.7. The molecule has 30 heavy (non-hydrogen) atoms. The van der Waals surface area contributed by atoms with Crippen LogP contribution in [0.5, 0.6) is 0 Å². The number of nitrogens with zero attached hydrogens (tertiary/aromatic N) is 2. The van der Waals surface area contributed by atoms with Gasteiger partial charge in [-0.1, -0.05) is 61.5 Å². The zero-order valence-corrected chi connectivity index (χ0v) is 18.5. The van der Waals surface area contributed by atoms with Gasteiger partial charge in [-0.05, 0) is 48.4 Å². The first-order valence-corrected chi connectivity index (χ1v) is 11.8. The molecule has 4 rings (SSSR count). The molecule has 1 aliphatic heterocycles. The van der Waals surface area contributed by atoms with Crippen LogP contribution in [0.2, 0.25) is 0 Å². The second kappa shape index (κ2) is 9.59. The van der Waals surface area contributed by atoms with Crippen LogP contribution in [0.15, 0.2) is 78.2 Å². The van der Waals surface area contributed by atoms with Crippen molar-refractivity contribution < 1.29 is 4.79 Å². The molecule has 0 N–H and O–H groups in total. The van der Waals surface area contributed by atoms with Crippen molar-refractivity contribution >= 4 is 22.9 Å². The monoisotopic (exact) mass is 418 g/mol. The van der Waals surface area contributed by atoms with E-state index in [1.165, 1.54) is 10.4 Å². The van der Waals surface area contributed by atoms with Gasteiger partial charge in [0.2, 0.25) is 5.91 Å². The molecule has 1 aliphatic rings. The van der Waals surface area contributed by atoms with Gasteiger partial charge in [0.05, 0.1) is 5.54 Å². The number of carbonyl (C=O) groups excluding carboxylic acids is 1. The third-order valence-corrected chi connectivity index (χ3v) is 7.18. The molecule has 2 heterocycles. The van der Waals surface area contributed by atoms with Gasteiger partial charge in [-0.3, -0.25) is 4.79 Å². The number of thiophene rings is 1. The Balaban J connectivity index is 1.62. The van der Waals surface area contributed by atoms with Crippen molar-refractivity contribution in [3.63, 3.8) is 0 Å². The van der Waals surface area contributed by atoms with E-state index in [0.29, 0.717) is 6.42 Å². The minimum Gasteiger partial charge on any atom is -0.303 e. The summed E-state index contributed by atoms with van der Waals surface area (Å²) in [5.74, 6) is 0.192. The molecule has 1 fully saturated rings. The molecule has 0 spiro atoms. The summed E-state index contributed by atoms with van der Waals surface area (Å²) >= 11 is 1.84. The first-order valence-electron chi connectivity index (χ1n) is 10.9. The van der Waals surface area contributed by atoms with Gasteiger partial charge in [0.25, 0.3) is 0 Å². The summed E-state index contributed by atoms with van der Waals surface area (Å²) < 4.78 is 0. The van der Waals surface area contributed by atoms with Crippen molar-refractivity contribution in [1.82, 2.24) is 4.90 Å². The molecule has 0 aliphatic carbocycles. The Morgan fingerprint density at radius 2 is 1.63 bits per heavy atom. The maximum Gasteiger partial charge on any atom is 0.227 e. The lowest BCUT2D eigenvalue weighted by Crippen LogP contribution is -2.56. The molecule has 0 saturated carbocycles. The molecular weight excluding hydrogens is 388 g/mol. The van der Waals surface area contributed by atoms with Crippen LogP contribution in [0.25, 0.3) is 0 Å². The van der Waals surface area contributed by atoms with Crippen LogP contribution in [0, 0.1) is 0 Å². The number of carbonyl (C=O) groups is 1. The fraction of sp³-hybridized carbons (Fsp3) is 0.346. The zero-order chi connectivity index (χ0) is 20.8. The van der Waals surface area contributed by atoms with Gasteiger partial charge >= 0.3 is 0 Å². The third-order valence-electron chi connectivity index (χ3n) is 6.24. The average molecular weight is 419 g/mol. The van der Waals surface area contributed by atoms with E-state index in [4.69, 9.17) is 0 Å². The Morgan fingerprint density at radius 3 is 2.23 bits per heavy atom. The molecule has 0 unspecified atom stereocenters. The highest BCUT2D eigenvalue weighted by Gasteiger charge is 2.43. The van der Waals surface area contributed by atoms with Crippen LogP contribution < -0.4 is 4.90 Å². The highest BCUT2D eigenvalue weighted by molar-refractivity contribution is 7.09. The van der Waals surface area contributed by atoms with Gasteiger partial charge in [0, 0.05) is 36.6 Å². The van der Waals surface area contributed by atoms with Gasteiger partial charge in [0.1, 0.15) is 0 Å². The van der Waals surface area contributed by atoms with Gasteiger partial charge in [-0.2, -0.15) is 0 Å². The van der Waals surface area contributed by atoms with Gasteiger partial charge in [-0.15, -0.1) is 11.3 Å². The highest BCUT2D eigenvalue weighted by atomic mass is 32.1. The number of benzene rings is 2. The van der Waals surface area contributed by atoms with Crippen LogP contribution in [0.1, 0.15) is 36.6 Å². The summed E-state index contributed by atoms with van der Waals surface area (Å²) in [7, 11) is 0. The Labute approximate surface area is 184 Å². The molecule has 3 nitrogen and oxygen atoms in total. The minimum absolute atomic E-state index is 0.192. The molecule has 1 amide bonds. The van der Waals surface area contributed by atoms with Crippen molar-refractivity contribution in [3.05, 3.63) is 88.6 Å². The second-order valence-electron chi connectivity index (χ2n) is 7.99. The number of hydrogen-bond acceptors (Lipinski definition) is 3. The Hall–Kier alpha value is -2.43. The van der Waals surface area contributed by atoms with Crippen LogP contribution in [-0.2, 0) is 16.8 Å². The lowest BCUT2D eigenvalue weighted by atomic mass is 9.78. The number of piperidine rings is 1. The summed E-state index contributed by atoms with van der Waals surface area (Å²) in [5.41, 5.74) is 1.95. The summed E-state index contributed by atoms with van der Waals surface area (Å²) in [6, 6.07) is 25.2. The molecule has 0 radical (unpaired) electrons. The molecule has 4 heteroatoms. The molecule has 1 aromatic heterocycles. The van der Waals surface area contributed by atoms with Crippen molar-refractivity contribution in [2.75, 3.05) is 24.5 Å². The van der Waals surface area contributed by atoms with E-state index in [9.17, 15) is 4.79 Å². The van der Waals surface area contributed by atoms with E-state index in [-0.39, 0.29) is 11.4 Å². The first-order chi connectivity index (χ1) is 14.7. The highest BCUT2D eigenvalue weighted by Crippen LogP contribution is 2.42. The van der Waals surface area contributed by atoms with E-state index in [1.54, 1.807) is 0 Å². The predicted molar refractivity (Wildman–Crippen MR) is 126 cm³/mol. The summed E-state index contributed by atoms with van der Waals surface area (Å²) in [4.78, 5) is 19.4. The number of anilines is 1. The lowest BCUT2D eigenvalue weighted by Gasteiger charge is -2.49. The fourth-order valence-electron chi connectivity index (χ4n) is 4.62. The van der Waals surface area contributed by atoms with Crippen molar-refractivity contribution in [1.29, 1.82) is 0 Å². The third kappa shape index (κ3) is 4.35. The van der Waals surface area contributed by atoms with E-state index in [0.717, 1.165) is 44.6 Å². The number of amides is 1. The summed E-state index contributed by atoms with van der Waals surface area (Å²) in [6.07, 6.45) is 3.50. The summed E-state index contributed by atoms with van der Waals surface area (Å²) in [6.45, 7) is 5.05. The smallest absolute Gasteiger partial charge is 0.227 e. The fourth-order valence-corrected chi connectivity index (χ4v) is 5.32. The molecule has 3 aromatic rings. The minimum atomic E-state index is -0.296. The predicted octanol–water partition coefficient (Wildman–Crippen LogP) is 5.73. The van der Waals surface area contributed by atoms with Gasteiger partial charge in [-0.25, -0.2) is 0 Å². The van der Waals surface area contributed by atoms with Crippen LogP contribution >= 0.6 is 11.3 Å². The number of para-hydroxylation sites is 1. The number of likely N-dealkylation sites (tertiary alicyclic amines) is 1.